The highest BCUT2D eigenvalue weighted by Crippen LogP contribution is 2.16. The van der Waals surface area contributed by atoms with Crippen LogP contribution in [0.25, 0.3) is 0 Å². The van der Waals surface area contributed by atoms with E-state index in [-0.39, 0.29) is 5.91 Å². The molecule has 2 aromatic rings. The summed E-state index contributed by atoms with van der Waals surface area (Å²) in [5, 5.41) is 2.97. The smallest absolute Gasteiger partial charge is 0.255 e. The maximum absolute atomic E-state index is 12.3. The minimum absolute atomic E-state index is 0.0552. The van der Waals surface area contributed by atoms with Crippen LogP contribution in [0.15, 0.2) is 42.5 Å². The van der Waals surface area contributed by atoms with Gasteiger partial charge in [-0.05, 0) is 80.7 Å². The van der Waals surface area contributed by atoms with Gasteiger partial charge in [0.1, 0.15) is 0 Å². The van der Waals surface area contributed by atoms with Gasteiger partial charge in [0.05, 0.1) is 0 Å². The van der Waals surface area contributed by atoms with Crippen molar-refractivity contribution in [3.05, 3.63) is 64.7 Å². The van der Waals surface area contributed by atoms with E-state index in [1.165, 1.54) is 37.1 Å². The number of rotatable bonds is 4. The Labute approximate surface area is 138 Å². The number of anilines is 1. The summed E-state index contributed by atoms with van der Waals surface area (Å²) in [7, 11) is 0. The van der Waals surface area contributed by atoms with Crippen LogP contribution in [0.4, 0.5) is 5.69 Å². The molecule has 1 heterocycles. The van der Waals surface area contributed by atoms with Crippen molar-refractivity contribution in [1.82, 2.24) is 4.90 Å². The molecule has 1 aliphatic rings. The third kappa shape index (κ3) is 3.99. The predicted molar refractivity (Wildman–Crippen MR) is 94.8 cm³/mol. The lowest BCUT2D eigenvalue weighted by Gasteiger charge is -2.15. The van der Waals surface area contributed by atoms with Crippen molar-refractivity contribution in [2.24, 2.45) is 0 Å². The van der Waals surface area contributed by atoms with Crippen molar-refractivity contribution >= 4 is 11.6 Å². The molecule has 120 valence electrons. The standard InChI is InChI=1S/C20H24N2O/c1-15-5-8-18(13-16(15)2)20(23)21-19-9-6-17(7-10-19)14-22-11-3-4-12-22/h5-10,13H,3-4,11-12,14H2,1-2H3,(H,21,23). The van der Waals surface area contributed by atoms with Crippen molar-refractivity contribution in [3.63, 3.8) is 0 Å². The van der Waals surface area contributed by atoms with Crippen LogP contribution < -0.4 is 5.32 Å². The Morgan fingerprint density at radius 1 is 1.00 bits per heavy atom. The van der Waals surface area contributed by atoms with Gasteiger partial charge in [-0.15, -0.1) is 0 Å². The van der Waals surface area contributed by atoms with Crippen LogP contribution in [0.5, 0.6) is 0 Å². The second-order valence-corrected chi connectivity index (χ2v) is 6.43. The molecule has 0 aromatic heterocycles. The maximum Gasteiger partial charge on any atom is 0.255 e. The lowest BCUT2D eigenvalue weighted by molar-refractivity contribution is 0.102. The fraction of sp³-hybridized carbons (Fsp3) is 0.350. The van der Waals surface area contributed by atoms with E-state index in [1.807, 2.05) is 37.3 Å². The third-order valence-corrected chi connectivity index (χ3v) is 4.59. The number of amides is 1. The first-order valence-electron chi connectivity index (χ1n) is 8.32. The Bertz CT molecular complexity index is 685. The van der Waals surface area contributed by atoms with Gasteiger partial charge in [-0.25, -0.2) is 0 Å². The van der Waals surface area contributed by atoms with E-state index >= 15 is 0 Å². The predicted octanol–water partition coefficient (Wildman–Crippen LogP) is 4.15. The fourth-order valence-electron chi connectivity index (χ4n) is 2.98. The number of likely N-dealkylation sites (tertiary alicyclic amines) is 1. The van der Waals surface area contributed by atoms with Crippen LogP contribution in [0.2, 0.25) is 0 Å². The zero-order valence-electron chi connectivity index (χ0n) is 13.9. The van der Waals surface area contributed by atoms with Crippen molar-refractivity contribution in [2.45, 2.75) is 33.2 Å². The average Bonchev–Trinajstić information content (AvgIpc) is 3.05. The molecular formula is C20H24N2O. The van der Waals surface area contributed by atoms with Crippen LogP contribution in [0, 0.1) is 13.8 Å². The van der Waals surface area contributed by atoms with Crippen LogP contribution in [0.3, 0.4) is 0 Å². The van der Waals surface area contributed by atoms with Crippen molar-refractivity contribution in [3.8, 4) is 0 Å². The normalized spacial score (nSPS) is 14.9. The Balaban J connectivity index is 1.62. The topological polar surface area (TPSA) is 32.3 Å². The molecule has 0 spiro atoms. The lowest BCUT2D eigenvalue weighted by Crippen LogP contribution is -2.18. The quantitative estimate of drug-likeness (QED) is 0.920. The summed E-state index contributed by atoms with van der Waals surface area (Å²) in [6.07, 6.45) is 2.62. The lowest BCUT2D eigenvalue weighted by atomic mass is 10.1. The highest BCUT2D eigenvalue weighted by atomic mass is 16.1. The molecule has 2 aromatic carbocycles. The van der Waals surface area contributed by atoms with Gasteiger partial charge >= 0.3 is 0 Å². The number of hydrogen-bond acceptors (Lipinski definition) is 2. The number of carbonyl (C=O) groups excluding carboxylic acids is 1. The molecule has 1 amide bonds. The average molecular weight is 308 g/mol. The summed E-state index contributed by atoms with van der Waals surface area (Å²) in [5.41, 5.74) is 5.19. The molecule has 1 aliphatic heterocycles. The van der Waals surface area contributed by atoms with Gasteiger partial charge < -0.3 is 5.32 Å². The molecule has 0 saturated carbocycles. The molecule has 1 saturated heterocycles. The molecule has 1 fully saturated rings. The second-order valence-electron chi connectivity index (χ2n) is 6.43. The molecule has 23 heavy (non-hydrogen) atoms. The molecule has 3 heteroatoms. The second kappa shape index (κ2) is 6.97. The maximum atomic E-state index is 12.3. The van der Waals surface area contributed by atoms with E-state index in [2.05, 4.69) is 29.3 Å². The van der Waals surface area contributed by atoms with E-state index in [1.54, 1.807) is 0 Å². The van der Waals surface area contributed by atoms with Crippen LogP contribution in [0.1, 0.15) is 39.9 Å². The zero-order valence-corrected chi connectivity index (χ0v) is 13.9. The van der Waals surface area contributed by atoms with E-state index in [4.69, 9.17) is 0 Å². The number of carbonyl (C=O) groups is 1. The van der Waals surface area contributed by atoms with E-state index in [0.29, 0.717) is 5.56 Å². The highest BCUT2D eigenvalue weighted by molar-refractivity contribution is 6.04. The molecule has 0 bridgehead atoms. The van der Waals surface area contributed by atoms with Crippen molar-refractivity contribution in [1.29, 1.82) is 0 Å². The molecule has 0 aliphatic carbocycles. The number of nitrogens with one attached hydrogen (secondary N) is 1. The molecule has 3 rings (SSSR count). The molecule has 0 unspecified atom stereocenters. The fourth-order valence-corrected chi connectivity index (χ4v) is 2.98. The van der Waals surface area contributed by atoms with Crippen LogP contribution in [-0.2, 0) is 6.54 Å². The number of hydrogen-bond donors (Lipinski definition) is 1. The summed E-state index contributed by atoms with van der Waals surface area (Å²) < 4.78 is 0. The summed E-state index contributed by atoms with van der Waals surface area (Å²) in [6.45, 7) is 7.48. The minimum atomic E-state index is -0.0552. The highest BCUT2D eigenvalue weighted by Gasteiger charge is 2.12. The molecule has 0 radical (unpaired) electrons. The third-order valence-electron chi connectivity index (χ3n) is 4.59. The van der Waals surface area contributed by atoms with Gasteiger partial charge in [0.15, 0.2) is 0 Å². The van der Waals surface area contributed by atoms with E-state index in [9.17, 15) is 4.79 Å². The Morgan fingerprint density at radius 2 is 1.70 bits per heavy atom. The summed E-state index contributed by atoms with van der Waals surface area (Å²) in [5.74, 6) is -0.0552. The van der Waals surface area contributed by atoms with Gasteiger partial charge in [-0.1, -0.05) is 18.2 Å². The Kier molecular flexibility index (Phi) is 4.77. The van der Waals surface area contributed by atoms with E-state index < -0.39 is 0 Å². The Hall–Kier alpha value is -2.13. The zero-order chi connectivity index (χ0) is 16.2. The van der Waals surface area contributed by atoms with E-state index in [0.717, 1.165) is 17.8 Å². The summed E-state index contributed by atoms with van der Waals surface area (Å²) >= 11 is 0. The van der Waals surface area contributed by atoms with Crippen molar-refractivity contribution < 1.29 is 4.79 Å². The van der Waals surface area contributed by atoms with Gasteiger partial charge in [0.25, 0.3) is 5.91 Å². The van der Waals surface area contributed by atoms with Gasteiger partial charge in [0, 0.05) is 17.8 Å². The number of benzene rings is 2. The summed E-state index contributed by atoms with van der Waals surface area (Å²) in [6, 6.07) is 14.0. The van der Waals surface area contributed by atoms with Crippen LogP contribution in [-0.4, -0.2) is 23.9 Å². The van der Waals surface area contributed by atoms with Gasteiger partial charge in [0.2, 0.25) is 0 Å². The van der Waals surface area contributed by atoms with Crippen LogP contribution >= 0.6 is 0 Å². The molecular weight excluding hydrogens is 284 g/mol. The first-order valence-corrected chi connectivity index (χ1v) is 8.32. The molecule has 1 N–H and O–H groups in total. The largest absolute Gasteiger partial charge is 0.322 e. The van der Waals surface area contributed by atoms with Crippen molar-refractivity contribution in [2.75, 3.05) is 18.4 Å². The number of nitrogens with zero attached hydrogens (tertiary/aromatic N) is 1. The first kappa shape index (κ1) is 15.8. The van der Waals surface area contributed by atoms with Gasteiger partial charge in [-0.3, -0.25) is 9.69 Å². The Morgan fingerprint density at radius 3 is 2.35 bits per heavy atom. The monoisotopic (exact) mass is 308 g/mol. The summed E-state index contributed by atoms with van der Waals surface area (Å²) in [4.78, 5) is 14.8. The molecule has 3 nitrogen and oxygen atoms in total. The molecule has 0 atom stereocenters. The number of aryl methyl sites for hydroxylation is 2. The van der Waals surface area contributed by atoms with Gasteiger partial charge in [-0.2, -0.15) is 0 Å². The SMILES string of the molecule is Cc1ccc(C(=O)Nc2ccc(CN3CCCC3)cc2)cc1C. The first-order chi connectivity index (χ1) is 11.1. The minimum Gasteiger partial charge on any atom is -0.322 e.